The number of nitrogens with one attached hydrogen (secondary N) is 3. The van der Waals surface area contributed by atoms with Crippen molar-refractivity contribution in [3.8, 4) is 28.1 Å². The van der Waals surface area contributed by atoms with E-state index in [0.717, 1.165) is 55.1 Å². The summed E-state index contributed by atoms with van der Waals surface area (Å²) in [6.07, 6.45) is 10.5. The largest absolute Gasteiger partial charge is 0.496 e. The Balaban J connectivity index is 1.02. The molecule has 1 saturated carbocycles. The number of aromatic nitrogens is 3. The van der Waals surface area contributed by atoms with Crippen LogP contribution in [0.25, 0.3) is 22.4 Å². The van der Waals surface area contributed by atoms with Crippen molar-refractivity contribution >= 4 is 40.7 Å². The average Bonchev–Trinajstić information content (AvgIpc) is 3.74. The van der Waals surface area contributed by atoms with Crippen LogP contribution in [0.4, 0.5) is 5.69 Å². The smallest absolute Gasteiger partial charge is 0.291 e. The standard InChI is InChI=1S/C40H47Cl2N7O4/c1-48-33-16-18-49(19-20-53-28-7-4-3-5-8-28)24-32(33)46-39(48)40(51)47-31-10-6-9-29(36(31)41)30-15-17-44-38(37(30)42)25-11-12-26(34(21-25)52-2)22-43-23-27-13-14-35(50)45-27/h6,9-12,15,17,21,27-28,43H,3-5,7-8,13-14,16,18-20,22-24H2,1-2H3,(H,45,50)(H,47,51). The van der Waals surface area contributed by atoms with Crippen LogP contribution in [0.5, 0.6) is 5.75 Å². The van der Waals surface area contributed by atoms with Crippen molar-refractivity contribution in [2.24, 2.45) is 7.05 Å². The first-order valence-corrected chi connectivity index (χ1v) is 19.3. The fourth-order valence-electron chi connectivity index (χ4n) is 7.67. The van der Waals surface area contributed by atoms with E-state index < -0.39 is 0 Å². The fraction of sp³-hybridized carbons (Fsp3) is 0.450. The number of anilines is 1. The molecule has 13 heteroatoms. The molecule has 1 aliphatic carbocycles. The lowest BCUT2D eigenvalue weighted by Gasteiger charge is -2.28. The number of hydrogen-bond donors (Lipinski definition) is 3. The summed E-state index contributed by atoms with van der Waals surface area (Å²) < 4.78 is 13.8. The number of rotatable bonds is 13. The maximum atomic E-state index is 13.7. The zero-order valence-electron chi connectivity index (χ0n) is 30.4. The van der Waals surface area contributed by atoms with Gasteiger partial charge < -0.3 is 30.0 Å². The van der Waals surface area contributed by atoms with Gasteiger partial charge in [0, 0.05) is 92.8 Å². The van der Waals surface area contributed by atoms with E-state index in [-0.39, 0.29) is 17.9 Å². The van der Waals surface area contributed by atoms with Crippen LogP contribution in [0.1, 0.15) is 72.5 Å². The van der Waals surface area contributed by atoms with Crippen LogP contribution < -0.4 is 20.7 Å². The third kappa shape index (κ3) is 8.55. The van der Waals surface area contributed by atoms with E-state index in [2.05, 4.69) is 25.8 Å². The molecule has 280 valence electrons. The highest BCUT2D eigenvalue weighted by molar-refractivity contribution is 6.39. The van der Waals surface area contributed by atoms with Crippen LogP contribution in [0.3, 0.4) is 0 Å². The Labute approximate surface area is 320 Å². The predicted molar refractivity (Wildman–Crippen MR) is 208 cm³/mol. The molecule has 53 heavy (non-hydrogen) atoms. The minimum Gasteiger partial charge on any atom is -0.496 e. The number of amides is 2. The Morgan fingerprint density at radius 1 is 1.04 bits per heavy atom. The van der Waals surface area contributed by atoms with Crippen LogP contribution in [-0.4, -0.2) is 76.7 Å². The minimum absolute atomic E-state index is 0.101. The van der Waals surface area contributed by atoms with Gasteiger partial charge in [-0.05, 0) is 37.5 Å². The molecule has 2 aliphatic heterocycles. The molecule has 4 heterocycles. The molecule has 0 radical (unpaired) electrons. The van der Waals surface area contributed by atoms with E-state index in [1.165, 1.54) is 32.1 Å². The second-order valence-corrected chi connectivity index (χ2v) is 14.9. The van der Waals surface area contributed by atoms with Gasteiger partial charge in [0.05, 0.1) is 46.9 Å². The summed E-state index contributed by atoms with van der Waals surface area (Å²) in [5.74, 6) is 0.816. The molecule has 3 N–H and O–H groups in total. The third-order valence-electron chi connectivity index (χ3n) is 10.6. The number of ether oxygens (including phenoxy) is 2. The summed E-state index contributed by atoms with van der Waals surface area (Å²) in [6.45, 7) is 4.44. The zero-order valence-corrected chi connectivity index (χ0v) is 31.9. The minimum atomic E-state index is -0.329. The van der Waals surface area contributed by atoms with Crippen molar-refractivity contribution < 1.29 is 19.1 Å². The number of hydrogen-bond acceptors (Lipinski definition) is 8. The Bertz CT molecular complexity index is 1960. The van der Waals surface area contributed by atoms with Crippen LogP contribution >= 0.6 is 23.2 Å². The van der Waals surface area contributed by atoms with Crippen molar-refractivity contribution in [2.45, 2.75) is 76.6 Å². The molecule has 1 saturated heterocycles. The lowest BCUT2D eigenvalue weighted by atomic mass is 9.98. The van der Waals surface area contributed by atoms with Crippen LogP contribution in [0, 0.1) is 0 Å². The van der Waals surface area contributed by atoms with Crippen LogP contribution in [-0.2, 0) is 36.1 Å². The van der Waals surface area contributed by atoms with Gasteiger partial charge in [0.1, 0.15) is 5.75 Å². The summed E-state index contributed by atoms with van der Waals surface area (Å²) in [6, 6.07) is 13.3. The van der Waals surface area contributed by atoms with Gasteiger partial charge in [0.15, 0.2) is 5.82 Å². The maximum absolute atomic E-state index is 13.7. The topological polar surface area (TPSA) is 123 Å². The predicted octanol–water partition coefficient (Wildman–Crippen LogP) is 6.79. The van der Waals surface area contributed by atoms with Crippen molar-refractivity contribution in [1.82, 2.24) is 30.1 Å². The van der Waals surface area contributed by atoms with E-state index in [9.17, 15) is 9.59 Å². The SMILES string of the molecule is COc1cc(-c2nccc(-c3cccc(NC(=O)c4nc5c(n4C)CCN(CCOC4CCCCC4)C5)c3Cl)c2Cl)ccc1CNCC1CCC(=O)N1. The molecule has 2 aromatic carbocycles. The van der Waals surface area contributed by atoms with Crippen molar-refractivity contribution in [1.29, 1.82) is 0 Å². The second kappa shape index (κ2) is 17.0. The lowest BCUT2D eigenvalue weighted by Crippen LogP contribution is -2.35. The highest BCUT2D eigenvalue weighted by Gasteiger charge is 2.27. The second-order valence-electron chi connectivity index (χ2n) is 14.1. The highest BCUT2D eigenvalue weighted by atomic mass is 35.5. The molecule has 1 unspecified atom stereocenters. The molecule has 1 atom stereocenters. The molecular weight excluding hydrogens is 713 g/mol. The van der Waals surface area contributed by atoms with Gasteiger partial charge in [-0.2, -0.15) is 0 Å². The number of imidazole rings is 1. The first kappa shape index (κ1) is 37.3. The van der Waals surface area contributed by atoms with E-state index in [1.54, 1.807) is 19.4 Å². The number of pyridine rings is 1. The van der Waals surface area contributed by atoms with E-state index in [1.807, 2.05) is 48.0 Å². The summed E-state index contributed by atoms with van der Waals surface area (Å²) in [5.41, 5.74) is 6.15. The van der Waals surface area contributed by atoms with Crippen LogP contribution in [0.2, 0.25) is 10.0 Å². The van der Waals surface area contributed by atoms with E-state index >= 15 is 0 Å². The van der Waals surface area contributed by atoms with E-state index in [0.29, 0.717) is 76.3 Å². The van der Waals surface area contributed by atoms with Crippen LogP contribution in [0.15, 0.2) is 48.7 Å². The average molecular weight is 761 g/mol. The number of nitrogens with zero attached hydrogens (tertiary/aromatic N) is 4. The molecule has 0 spiro atoms. The fourth-order valence-corrected chi connectivity index (χ4v) is 8.27. The summed E-state index contributed by atoms with van der Waals surface area (Å²) in [5, 5.41) is 10.2. The molecule has 7 rings (SSSR count). The quantitative estimate of drug-likeness (QED) is 0.136. The van der Waals surface area contributed by atoms with Gasteiger partial charge in [-0.15, -0.1) is 0 Å². The molecular formula is C40H47Cl2N7O4. The molecule has 3 aliphatic rings. The van der Waals surface area contributed by atoms with Gasteiger partial charge in [0.25, 0.3) is 5.91 Å². The monoisotopic (exact) mass is 759 g/mol. The van der Waals surface area contributed by atoms with Crippen molar-refractivity contribution in [3.05, 3.63) is 81.5 Å². The Morgan fingerprint density at radius 2 is 1.87 bits per heavy atom. The summed E-state index contributed by atoms with van der Waals surface area (Å²) >= 11 is 14.0. The number of carbonyl (C=O) groups excluding carboxylic acids is 2. The van der Waals surface area contributed by atoms with Gasteiger partial charge in [-0.1, -0.05) is 66.7 Å². The van der Waals surface area contributed by atoms with E-state index in [4.69, 9.17) is 37.7 Å². The molecule has 2 aromatic heterocycles. The third-order valence-corrected chi connectivity index (χ3v) is 11.4. The zero-order chi connectivity index (χ0) is 36.9. The normalized spacial score (nSPS) is 17.8. The number of halogens is 2. The Morgan fingerprint density at radius 3 is 2.66 bits per heavy atom. The first-order chi connectivity index (χ1) is 25.8. The first-order valence-electron chi connectivity index (χ1n) is 18.6. The number of carbonyl (C=O) groups is 2. The molecule has 2 amide bonds. The van der Waals surface area contributed by atoms with Crippen molar-refractivity contribution in [2.75, 3.05) is 38.7 Å². The number of benzene rings is 2. The Hall–Kier alpha value is -4.00. The molecule has 11 nitrogen and oxygen atoms in total. The highest BCUT2D eigenvalue weighted by Crippen LogP contribution is 2.41. The molecule has 0 bridgehead atoms. The summed E-state index contributed by atoms with van der Waals surface area (Å²) in [4.78, 5) is 37.0. The Kier molecular flexibility index (Phi) is 12.0. The molecule has 4 aromatic rings. The number of fused-ring (bicyclic) bond motifs is 1. The van der Waals surface area contributed by atoms with Gasteiger partial charge in [-0.25, -0.2) is 4.98 Å². The lowest BCUT2D eigenvalue weighted by molar-refractivity contribution is -0.119. The van der Waals surface area contributed by atoms with Gasteiger partial charge >= 0.3 is 0 Å². The maximum Gasteiger partial charge on any atom is 0.291 e. The van der Waals surface area contributed by atoms with Gasteiger partial charge in [-0.3, -0.25) is 19.5 Å². The molecule has 2 fully saturated rings. The van der Waals surface area contributed by atoms with Crippen molar-refractivity contribution in [3.63, 3.8) is 0 Å². The number of methoxy groups -OCH3 is 1. The summed E-state index contributed by atoms with van der Waals surface area (Å²) in [7, 11) is 3.53. The van der Waals surface area contributed by atoms with Gasteiger partial charge in [0.2, 0.25) is 5.91 Å².